The molecule has 14 nitrogen and oxygen atoms in total. The summed E-state index contributed by atoms with van der Waals surface area (Å²) in [5.41, 5.74) is -5.11. The van der Waals surface area contributed by atoms with E-state index in [-0.39, 0.29) is 0 Å². The number of nitrogens with zero attached hydrogens (tertiary/aromatic N) is 4. The maximum Gasteiger partial charge on any atom is 0.483 e. The van der Waals surface area contributed by atoms with E-state index in [4.69, 9.17) is 9.47 Å². The third kappa shape index (κ3) is 3.96. The topological polar surface area (TPSA) is 191 Å². The van der Waals surface area contributed by atoms with Crippen LogP contribution in [0.1, 0.15) is 33.1 Å². The van der Waals surface area contributed by atoms with Gasteiger partial charge in [0, 0.05) is 0 Å². The predicted molar refractivity (Wildman–Crippen MR) is 77.8 cm³/mol. The van der Waals surface area contributed by atoms with Crippen molar-refractivity contribution in [2.45, 2.75) is 50.7 Å². The Labute approximate surface area is 140 Å². The van der Waals surface area contributed by atoms with Gasteiger partial charge in [0.15, 0.2) is 19.5 Å². The van der Waals surface area contributed by atoms with E-state index < -0.39 is 62.9 Å². The average Bonchev–Trinajstić information content (AvgIpc) is 3.32. The van der Waals surface area contributed by atoms with Crippen LogP contribution in [-0.4, -0.2) is 50.5 Å². The second kappa shape index (κ2) is 7.60. The number of hydrogen-bond acceptors (Lipinski definition) is 10. The minimum Gasteiger partial charge on any atom is -0.337 e. The molecule has 0 saturated heterocycles. The summed E-state index contributed by atoms with van der Waals surface area (Å²) in [5.74, 6) is -0.781. The molecule has 1 atom stereocenters. The molecule has 1 aliphatic rings. The summed E-state index contributed by atoms with van der Waals surface area (Å²) < 4.78 is 9.91. The lowest BCUT2D eigenvalue weighted by Gasteiger charge is -2.21. The summed E-state index contributed by atoms with van der Waals surface area (Å²) in [6, 6.07) is 0. The molecule has 0 aliphatic heterocycles. The Kier molecular flexibility index (Phi) is 6.26. The van der Waals surface area contributed by atoms with Gasteiger partial charge >= 0.3 is 11.3 Å². The highest BCUT2D eigenvalue weighted by atomic mass is 16.7. The fraction of sp³-hybridized carbons (Fsp3) is 1.00. The van der Waals surface area contributed by atoms with Crippen LogP contribution in [0.25, 0.3) is 0 Å². The molecule has 0 amide bonds. The third-order valence-corrected chi connectivity index (χ3v) is 4.19. The lowest BCUT2D eigenvalue weighted by atomic mass is 10.1. The van der Waals surface area contributed by atoms with Crippen molar-refractivity contribution >= 4 is 0 Å². The van der Waals surface area contributed by atoms with Crippen LogP contribution >= 0.6 is 0 Å². The molecule has 14 heteroatoms. The van der Waals surface area contributed by atoms with E-state index in [1.807, 2.05) is 0 Å². The van der Waals surface area contributed by atoms with Crippen LogP contribution in [0.5, 0.6) is 0 Å². The fourth-order valence-electron chi connectivity index (χ4n) is 2.20. The van der Waals surface area contributed by atoms with Crippen LogP contribution in [0.4, 0.5) is 0 Å². The SMILES string of the molecule is CCC(COC(C)OCC(C1CC1)([N+](=O)[O-])[N+](=O)[O-])([N+](=O)[O-])[N+](=O)[O-]. The highest BCUT2D eigenvalue weighted by molar-refractivity contribution is 4.88. The molecule has 0 spiro atoms. The molecule has 0 aromatic carbocycles. The summed E-state index contributed by atoms with van der Waals surface area (Å²) in [7, 11) is 0. The van der Waals surface area contributed by atoms with Crippen molar-refractivity contribution in [3.63, 3.8) is 0 Å². The van der Waals surface area contributed by atoms with E-state index in [1.54, 1.807) is 0 Å². The molecule has 1 rings (SSSR count). The maximum atomic E-state index is 11.2. The van der Waals surface area contributed by atoms with Crippen LogP contribution in [0.3, 0.4) is 0 Å². The van der Waals surface area contributed by atoms with Gasteiger partial charge < -0.3 is 9.47 Å². The first-order valence-corrected chi connectivity index (χ1v) is 7.35. The van der Waals surface area contributed by atoms with Crippen LogP contribution < -0.4 is 0 Å². The quantitative estimate of drug-likeness (QED) is 0.269. The maximum absolute atomic E-state index is 11.2. The van der Waals surface area contributed by atoms with Crippen LogP contribution in [0, 0.1) is 46.4 Å². The van der Waals surface area contributed by atoms with E-state index in [1.165, 1.54) is 13.8 Å². The minimum atomic E-state index is -2.59. The molecule has 0 bridgehead atoms. The van der Waals surface area contributed by atoms with Gasteiger partial charge in [0.25, 0.3) is 0 Å². The summed E-state index contributed by atoms with van der Waals surface area (Å²) in [6.07, 6.45) is -1.19. The van der Waals surface area contributed by atoms with Crippen molar-refractivity contribution in [1.82, 2.24) is 0 Å². The number of hydrogen-bond donors (Lipinski definition) is 0. The molecule has 25 heavy (non-hydrogen) atoms. The largest absolute Gasteiger partial charge is 0.483 e. The van der Waals surface area contributed by atoms with E-state index in [2.05, 4.69) is 0 Å². The van der Waals surface area contributed by atoms with Crippen LogP contribution in [0.2, 0.25) is 0 Å². The molecule has 0 N–H and O–H groups in total. The van der Waals surface area contributed by atoms with Crippen molar-refractivity contribution < 1.29 is 29.2 Å². The Hall–Kier alpha value is -2.48. The van der Waals surface area contributed by atoms with Crippen molar-refractivity contribution in [3.8, 4) is 0 Å². The molecular formula is C11H18N4O10. The molecule has 1 fully saturated rings. The molecule has 1 aliphatic carbocycles. The zero-order valence-corrected chi connectivity index (χ0v) is 13.6. The second-order valence-corrected chi connectivity index (χ2v) is 5.71. The lowest BCUT2D eigenvalue weighted by molar-refractivity contribution is -0.806. The zero-order chi connectivity index (χ0) is 19.4. The van der Waals surface area contributed by atoms with Crippen molar-refractivity contribution in [2.75, 3.05) is 13.2 Å². The monoisotopic (exact) mass is 366 g/mol. The summed E-state index contributed by atoms with van der Waals surface area (Å²) >= 11 is 0. The first kappa shape index (κ1) is 20.6. The van der Waals surface area contributed by atoms with Gasteiger partial charge in [0.1, 0.15) is 25.6 Å². The summed E-state index contributed by atoms with van der Waals surface area (Å²) in [4.78, 5) is 40.0. The number of ether oxygens (including phenoxy) is 2. The third-order valence-electron chi connectivity index (χ3n) is 4.19. The molecule has 0 aromatic heterocycles. The standard InChI is InChI=1S/C11H18N4O10/c1-3-10(12(16)17,13(18)19)6-24-8(2)25-7-11(14(20)21,15(22)23)9-4-5-9/h8-9H,3-7H2,1-2H3. The summed E-state index contributed by atoms with van der Waals surface area (Å²) in [6.45, 7) is 0.572. The van der Waals surface area contributed by atoms with Gasteiger partial charge in [0.05, 0.1) is 6.42 Å². The highest BCUT2D eigenvalue weighted by Gasteiger charge is 2.67. The van der Waals surface area contributed by atoms with E-state index in [0.717, 1.165) is 0 Å². The van der Waals surface area contributed by atoms with E-state index in [0.29, 0.717) is 12.8 Å². The van der Waals surface area contributed by atoms with Gasteiger partial charge in [-0.05, 0) is 19.8 Å². The average molecular weight is 366 g/mol. The smallest absolute Gasteiger partial charge is 0.337 e. The Morgan fingerprint density at radius 3 is 1.68 bits per heavy atom. The van der Waals surface area contributed by atoms with E-state index in [9.17, 15) is 40.5 Å². The molecule has 142 valence electrons. The molecule has 1 saturated carbocycles. The van der Waals surface area contributed by atoms with Crippen LogP contribution in [-0.2, 0) is 9.47 Å². The van der Waals surface area contributed by atoms with Gasteiger partial charge in [-0.25, -0.2) is 0 Å². The fourth-order valence-corrected chi connectivity index (χ4v) is 2.20. The minimum absolute atomic E-state index is 0.308. The van der Waals surface area contributed by atoms with Gasteiger partial charge in [-0.2, -0.15) is 0 Å². The predicted octanol–water partition coefficient (Wildman–Crippen LogP) is 0.685. The molecule has 1 unspecified atom stereocenters. The van der Waals surface area contributed by atoms with Crippen LogP contribution in [0.15, 0.2) is 0 Å². The van der Waals surface area contributed by atoms with Crippen molar-refractivity contribution in [3.05, 3.63) is 40.5 Å². The molecule has 0 heterocycles. The summed E-state index contributed by atoms with van der Waals surface area (Å²) in [5, 5.41) is 44.3. The van der Waals surface area contributed by atoms with Gasteiger partial charge in [-0.1, -0.05) is 6.92 Å². The second-order valence-electron chi connectivity index (χ2n) is 5.71. The molecular weight excluding hydrogens is 348 g/mol. The first-order valence-electron chi connectivity index (χ1n) is 7.35. The Morgan fingerprint density at radius 1 is 0.920 bits per heavy atom. The van der Waals surface area contributed by atoms with E-state index >= 15 is 0 Å². The normalized spacial score (nSPS) is 16.2. The lowest BCUT2D eigenvalue weighted by Crippen LogP contribution is -2.53. The Bertz CT molecular complexity index is 535. The number of nitro groups is 4. The van der Waals surface area contributed by atoms with Crippen molar-refractivity contribution in [2.24, 2.45) is 5.92 Å². The first-order chi connectivity index (χ1) is 11.5. The van der Waals surface area contributed by atoms with Gasteiger partial charge in [-0.15, -0.1) is 0 Å². The molecule has 0 aromatic rings. The Balaban J connectivity index is 2.74. The number of rotatable bonds is 12. The highest BCUT2D eigenvalue weighted by Crippen LogP contribution is 2.42. The Morgan fingerprint density at radius 2 is 1.36 bits per heavy atom. The van der Waals surface area contributed by atoms with Crippen molar-refractivity contribution in [1.29, 1.82) is 0 Å². The zero-order valence-electron chi connectivity index (χ0n) is 13.6. The van der Waals surface area contributed by atoms with Gasteiger partial charge in [-0.3, -0.25) is 40.5 Å². The molecule has 0 radical (unpaired) electrons. The van der Waals surface area contributed by atoms with Gasteiger partial charge in [0.2, 0.25) is 0 Å².